The van der Waals surface area contributed by atoms with Crippen molar-refractivity contribution < 1.29 is 4.74 Å². The molecule has 0 radical (unpaired) electrons. The maximum absolute atomic E-state index is 9.93. The van der Waals surface area contributed by atoms with Gasteiger partial charge in [0.1, 0.15) is 11.6 Å². The summed E-state index contributed by atoms with van der Waals surface area (Å²) in [6, 6.07) is 21.8. The van der Waals surface area contributed by atoms with Gasteiger partial charge in [-0.25, -0.2) is 9.36 Å². The Balaban J connectivity index is 1.71. The van der Waals surface area contributed by atoms with Crippen LogP contribution in [0, 0.1) is 25.2 Å². The number of nitriles is 1. The maximum Gasteiger partial charge on any atom is 0.229 e. The molecule has 3 heterocycles. The minimum absolute atomic E-state index is 0.0870. The third kappa shape index (κ3) is 2.97. The minimum atomic E-state index is -0.413. The van der Waals surface area contributed by atoms with E-state index < -0.39 is 5.92 Å². The average Bonchev–Trinajstić information content (AvgIpc) is 3.34. The first-order chi connectivity index (χ1) is 15.1. The summed E-state index contributed by atoms with van der Waals surface area (Å²) in [6.45, 7) is 3.86. The highest BCUT2D eigenvalue weighted by atomic mass is 16.5. The van der Waals surface area contributed by atoms with Gasteiger partial charge >= 0.3 is 0 Å². The van der Waals surface area contributed by atoms with Crippen LogP contribution >= 0.6 is 0 Å². The van der Waals surface area contributed by atoms with Crippen molar-refractivity contribution in [2.45, 2.75) is 19.8 Å². The minimum Gasteiger partial charge on any atom is -0.422 e. The molecule has 0 bridgehead atoms. The fourth-order valence-electron chi connectivity index (χ4n) is 4.04. The molecule has 1 aliphatic rings. The third-order valence-corrected chi connectivity index (χ3v) is 5.50. The molecule has 0 saturated carbocycles. The van der Waals surface area contributed by atoms with Gasteiger partial charge in [-0.2, -0.15) is 15.5 Å². The van der Waals surface area contributed by atoms with Crippen LogP contribution in [0.2, 0.25) is 0 Å². The summed E-state index contributed by atoms with van der Waals surface area (Å²) < 4.78 is 9.49. The number of aromatic nitrogens is 4. The highest BCUT2D eigenvalue weighted by Gasteiger charge is 2.37. The number of allylic oxidation sites excluding steroid dienone is 1. The highest BCUT2D eigenvalue weighted by molar-refractivity contribution is 5.57. The highest BCUT2D eigenvalue weighted by Crippen LogP contribution is 2.45. The molecule has 0 fully saturated rings. The maximum atomic E-state index is 9.93. The Labute approximate surface area is 179 Å². The van der Waals surface area contributed by atoms with Crippen LogP contribution in [-0.2, 0) is 0 Å². The lowest BCUT2D eigenvalue weighted by Gasteiger charge is -2.24. The van der Waals surface area contributed by atoms with Crippen molar-refractivity contribution in [2.75, 3.05) is 0 Å². The third-order valence-electron chi connectivity index (χ3n) is 5.50. The molecule has 0 amide bonds. The molecule has 2 aromatic heterocycles. The molecule has 0 unspecified atom stereocenters. The molecule has 5 rings (SSSR count). The fourth-order valence-corrected chi connectivity index (χ4v) is 4.04. The number of para-hydroxylation sites is 2. The van der Waals surface area contributed by atoms with Gasteiger partial charge in [0.05, 0.1) is 34.2 Å². The topological polar surface area (TPSA) is 94.7 Å². The Morgan fingerprint density at radius 3 is 2.23 bits per heavy atom. The average molecular weight is 408 g/mol. The predicted molar refractivity (Wildman–Crippen MR) is 116 cm³/mol. The summed E-state index contributed by atoms with van der Waals surface area (Å²) in [5.74, 6) is 0.199. The SMILES string of the molecule is Cc1nn(-c2ccccc2)cc1[C@H]1C(C#N)=C(N)Oc2c1c(C)nn2-c1ccccc1. The Morgan fingerprint density at radius 2 is 1.58 bits per heavy atom. The van der Waals surface area contributed by atoms with E-state index in [1.54, 1.807) is 4.68 Å². The molecule has 1 atom stereocenters. The number of ether oxygens (including phenoxy) is 1. The molecule has 31 heavy (non-hydrogen) atoms. The zero-order valence-corrected chi connectivity index (χ0v) is 17.1. The summed E-state index contributed by atoms with van der Waals surface area (Å²) >= 11 is 0. The Bertz CT molecular complexity index is 1340. The van der Waals surface area contributed by atoms with Crippen molar-refractivity contribution in [3.05, 3.63) is 101 Å². The molecule has 7 heteroatoms. The largest absolute Gasteiger partial charge is 0.422 e. The number of nitrogens with zero attached hydrogens (tertiary/aromatic N) is 5. The van der Waals surface area contributed by atoms with Crippen LogP contribution in [0.5, 0.6) is 5.88 Å². The lowest BCUT2D eigenvalue weighted by molar-refractivity contribution is 0.367. The zero-order valence-electron chi connectivity index (χ0n) is 17.1. The zero-order chi connectivity index (χ0) is 21.5. The van der Waals surface area contributed by atoms with Gasteiger partial charge in [-0.15, -0.1) is 0 Å². The molecule has 0 saturated heterocycles. The van der Waals surface area contributed by atoms with Gasteiger partial charge in [0.15, 0.2) is 0 Å². The second-order valence-electron chi connectivity index (χ2n) is 7.43. The van der Waals surface area contributed by atoms with Crippen molar-refractivity contribution in [1.29, 1.82) is 5.26 Å². The van der Waals surface area contributed by atoms with E-state index >= 15 is 0 Å². The molecular weight excluding hydrogens is 388 g/mol. The van der Waals surface area contributed by atoms with E-state index in [1.165, 1.54) is 0 Å². The number of hydrogen-bond donors (Lipinski definition) is 1. The second kappa shape index (κ2) is 7.18. The van der Waals surface area contributed by atoms with Gasteiger partial charge in [-0.3, -0.25) is 0 Å². The van der Waals surface area contributed by atoms with Crippen LogP contribution in [0.1, 0.15) is 28.4 Å². The van der Waals surface area contributed by atoms with E-state index in [9.17, 15) is 5.26 Å². The monoisotopic (exact) mass is 408 g/mol. The van der Waals surface area contributed by atoms with Crippen molar-refractivity contribution in [3.63, 3.8) is 0 Å². The molecule has 7 nitrogen and oxygen atoms in total. The van der Waals surface area contributed by atoms with Crippen LogP contribution in [0.25, 0.3) is 11.4 Å². The van der Waals surface area contributed by atoms with Crippen molar-refractivity contribution >= 4 is 0 Å². The van der Waals surface area contributed by atoms with Crippen LogP contribution in [-0.4, -0.2) is 19.6 Å². The number of benzene rings is 2. The van der Waals surface area contributed by atoms with Crippen LogP contribution < -0.4 is 10.5 Å². The van der Waals surface area contributed by atoms with E-state index in [1.807, 2.05) is 85.4 Å². The molecule has 0 aliphatic carbocycles. The molecule has 2 N–H and O–H groups in total. The first-order valence-corrected chi connectivity index (χ1v) is 9.92. The molecule has 4 aromatic rings. The molecule has 0 spiro atoms. The van der Waals surface area contributed by atoms with Gasteiger partial charge in [-0.05, 0) is 38.1 Å². The van der Waals surface area contributed by atoms with Gasteiger partial charge in [0.2, 0.25) is 11.8 Å². The van der Waals surface area contributed by atoms with Crippen LogP contribution in [0.3, 0.4) is 0 Å². The lowest BCUT2D eigenvalue weighted by Crippen LogP contribution is -2.22. The Kier molecular flexibility index (Phi) is 4.33. The van der Waals surface area contributed by atoms with Gasteiger partial charge in [0, 0.05) is 11.8 Å². The standard InChI is InChI=1S/C24H20N6O/c1-15-20(14-29(27-15)17-9-5-3-6-10-17)22-19(13-25)23(26)31-24-21(22)16(2)28-30(24)18-11-7-4-8-12-18/h3-12,14,22H,26H2,1-2H3/t22-/m1/s1. The Morgan fingerprint density at radius 1 is 0.935 bits per heavy atom. The van der Waals surface area contributed by atoms with E-state index in [4.69, 9.17) is 20.7 Å². The molecular formula is C24H20N6O. The van der Waals surface area contributed by atoms with Crippen molar-refractivity contribution in [1.82, 2.24) is 19.6 Å². The quantitative estimate of drug-likeness (QED) is 0.555. The van der Waals surface area contributed by atoms with E-state index in [0.29, 0.717) is 11.5 Å². The van der Waals surface area contributed by atoms with Gasteiger partial charge in [-0.1, -0.05) is 36.4 Å². The number of fused-ring (bicyclic) bond motifs is 1. The molecule has 152 valence electrons. The first kappa shape index (κ1) is 18.7. The lowest BCUT2D eigenvalue weighted by atomic mass is 9.84. The summed E-state index contributed by atoms with van der Waals surface area (Å²) in [6.07, 6.45) is 1.95. The molecule has 1 aliphatic heterocycles. The fraction of sp³-hybridized carbons (Fsp3) is 0.125. The number of nitrogens with two attached hydrogens (primary N) is 1. The predicted octanol–water partition coefficient (Wildman–Crippen LogP) is 3.89. The summed E-state index contributed by atoms with van der Waals surface area (Å²) in [7, 11) is 0. The normalized spacial score (nSPS) is 15.3. The summed E-state index contributed by atoms with van der Waals surface area (Å²) in [5.41, 5.74) is 11.7. The second-order valence-corrected chi connectivity index (χ2v) is 7.43. The number of aryl methyl sites for hydroxylation is 2. The van der Waals surface area contributed by atoms with E-state index in [2.05, 4.69) is 6.07 Å². The van der Waals surface area contributed by atoms with Gasteiger partial charge < -0.3 is 10.5 Å². The van der Waals surface area contributed by atoms with Crippen molar-refractivity contribution in [2.24, 2.45) is 5.73 Å². The van der Waals surface area contributed by atoms with Crippen LogP contribution in [0.4, 0.5) is 0 Å². The smallest absolute Gasteiger partial charge is 0.229 e. The van der Waals surface area contributed by atoms with E-state index in [0.717, 1.165) is 33.9 Å². The van der Waals surface area contributed by atoms with Crippen molar-refractivity contribution in [3.8, 4) is 23.3 Å². The number of hydrogen-bond acceptors (Lipinski definition) is 5. The Hall–Kier alpha value is -4.31. The summed E-state index contributed by atoms with van der Waals surface area (Å²) in [4.78, 5) is 0. The van der Waals surface area contributed by atoms with Gasteiger partial charge in [0.25, 0.3) is 0 Å². The summed E-state index contributed by atoms with van der Waals surface area (Å²) in [5, 5.41) is 19.3. The number of rotatable bonds is 3. The van der Waals surface area contributed by atoms with E-state index in [-0.39, 0.29) is 5.88 Å². The molecule has 2 aromatic carbocycles. The van der Waals surface area contributed by atoms with Crippen LogP contribution in [0.15, 0.2) is 78.3 Å². The first-order valence-electron chi connectivity index (χ1n) is 9.92.